The number of nitrogens with two attached hydrogens (primary N) is 1. The van der Waals surface area contributed by atoms with Crippen LogP contribution in [-0.2, 0) is 0 Å². The second kappa shape index (κ2) is 10.4. The maximum atomic E-state index is 14.1. The molecule has 33 heavy (non-hydrogen) atoms. The van der Waals surface area contributed by atoms with Gasteiger partial charge in [0.25, 0.3) is 5.91 Å². The molecule has 0 saturated carbocycles. The van der Waals surface area contributed by atoms with E-state index in [2.05, 4.69) is 10.3 Å². The number of carbonyl (C=O) groups excluding carboxylic acids is 1. The van der Waals surface area contributed by atoms with E-state index in [-0.39, 0.29) is 17.5 Å². The molecule has 1 heterocycles. The van der Waals surface area contributed by atoms with E-state index in [0.29, 0.717) is 23.4 Å². The van der Waals surface area contributed by atoms with Crippen molar-refractivity contribution >= 4 is 11.7 Å². The highest BCUT2D eigenvalue weighted by Crippen LogP contribution is 2.33. The van der Waals surface area contributed by atoms with Gasteiger partial charge >= 0.3 is 0 Å². The van der Waals surface area contributed by atoms with Crippen molar-refractivity contribution in [2.45, 2.75) is 26.9 Å². The first-order valence-electron chi connectivity index (χ1n) is 10.9. The minimum Gasteiger partial charge on any atom is -0.482 e. The molecule has 6 nitrogen and oxygen atoms in total. The van der Waals surface area contributed by atoms with E-state index < -0.39 is 6.10 Å². The normalized spacial score (nSPS) is 12.0. The Kier molecular flexibility index (Phi) is 7.66. The van der Waals surface area contributed by atoms with E-state index in [9.17, 15) is 9.18 Å². The zero-order valence-electron chi connectivity index (χ0n) is 19.8. The number of nitrogen functional groups attached to an aromatic ring is 1. The fourth-order valence-electron chi connectivity index (χ4n) is 3.73. The lowest BCUT2D eigenvalue weighted by atomic mass is 9.98. The molecule has 1 unspecified atom stereocenters. The SMILES string of the molecule is Cc1ccc(F)c(C)c1C(C)Oc1cc(-c2ccc(C(=O)NCCN(C)C)cc2)cnc1N. The lowest BCUT2D eigenvalue weighted by Gasteiger charge is -2.21. The molecule has 3 aromatic rings. The van der Waals surface area contributed by atoms with Gasteiger partial charge in [0.2, 0.25) is 0 Å². The summed E-state index contributed by atoms with van der Waals surface area (Å²) < 4.78 is 20.2. The number of nitrogens with zero attached hydrogens (tertiary/aromatic N) is 2. The van der Waals surface area contributed by atoms with Crippen LogP contribution in [0.25, 0.3) is 11.1 Å². The highest BCUT2D eigenvalue weighted by Gasteiger charge is 2.18. The topological polar surface area (TPSA) is 80.5 Å². The molecule has 3 N–H and O–H groups in total. The zero-order valence-corrected chi connectivity index (χ0v) is 19.8. The third kappa shape index (κ3) is 5.87. The molecule has 7 heteroatoms. The molecule has 1 aromatic heterocycles. The van der Waals surface area contributed by atoms with Gasteiger partial charge in [-0.15, -0.1) is 0 Å². The largest absolute Gasteiger partial charge is 0.482 e. The van der Waals surface area contributed by atoms with Crippen molar-refractivity contribution < 1.29 is 13.9 Å². The second-order valence-corrected chi connectivity index (χ2v) is 8.41. The molecule has 0 spiro atoms. The van der Waals surface area contributed by atoms with Crippen LogP contribution in [0.15, 0.2) is 48.7 Å². The Morgan fingerprint density at radius 3 is 2.52 bits per heavy atom. The Labute approximate surface area is 194 Å². The zero-order chi connectivity index (χ0) is 24.1. The number of nitrogens with one attached hydrogen (secondary N) is 1. The summed E-state index contributed by atoms with van der Waals surface area (Å²) in [4.78, 5) is 18.6. The number of hydrogen-bond acceptors (Lipinski definition) is 5. The van der Waals surface area contributed by atoms with Crippen molar-refractivity contribution in [3.05, 3.63) is 76.7 Å². The molecular formula is C26H31FN4O2. The van der Waals surface area contributed by atoms with E-state index in [4.69, 9.17) is 10.5 Å². The maximum Gasteiger partial charge on any atom is 0.251 e. The summed E-state index contributed by atoms with van der Waals surface area (Å²) in [7, 11) is 3.92. The third-order valence-corrected chi connectivity index (χ3v) is 5.58. The van der Waals surface area contributed by atoms with E-state index in [1.807, 2.05) is 51.0 Å². The Morgan fingerprint density at radius 1 is 1.15 bits per heavy atom. The molecule has 0 aliphatic carbocycles. The van der Waals surface area contributed by atoms with Crippen LogP contribution in [0.1, 0.15) is 40.1 Å². The molecule has 0 fully saturated rings. The number of aromatic nitrogens is 1. The van der Waals surface area contributed by atoms with Crippen LogP contribution in [0.4, 0.5) is 10.2 Å². The van der Waals surface area contributed by atoms with Gasteiger partial charge in [-0.3, -0.25) is 4.79 Å². The quantitative estimate of drug-likeness (QED) is 0.528. The number of likely N-dealkylation sites (N-methyl/N-ethyl adjacent to an activating group) is 1. The average Bonchev–Trinajstić information content (AvgIpc) is 2.78. The van der Waals surface area contributed by atoms with Crippen molar-refractivity contribution in [3.63, 3.8) is 0 Å². The number of carbonyl (C=O) groups is 1. The summed E-state index contributed by atoms with van der Waals surface area (Å²) >= 11 is 0. The van der Waals surface area contributed by atoms with Crippen molar-refractivity contribution in [2.24, 2.45) is 0 Å². The van der Waals surface area contributed by atoms with Gasteiger partial charge < -0.3 is 20.7 Å². The van der Waals surface area contributed by atoms with Crippen LogP contribution in [0.5, 0.6) is 5.75 Å². The van der Waals surface area contributed by atoms with Gasteiger partial charge in [0, 0.05) is 36.0 Å². The van der Waals surface area contributed by atoms with Gasteiger partial charge in [-0.05, 0) is 75.8 Å². The van der Waals surface area contributed by atoms with Gasteiger partial charge in [-0.2, -0.15) is 0 Å². The van der Waals surface area contributed by atoms with Crippen LogP contribution in [0.3, 0.4) is 0 Å². The van der Waals surface area contributed by atoms with Gasteiger partial charge in [-0.25, -0.2) is 9.37 Å². The van der Waals surface area contributed by atoms with Crippen LogP contribution in [-0.4, -0.2) is 43.0 Å². The van der Waals surface area contributed by atoms with Crippen molar-refractivity contribution in [1.82, 2.24) is 15.2 Å². The highest BCUT2D eigenvalue weighted by atomic mass is 19.1. The first-order valence-corrected chi connectivity index (χ1v) is 10.9. The molecule has 0 aliphatic heterocycles. The first-order chi connectivity index (χ1) is 15.7. The number of aryl methyl sites for hydroxylation is 1. The Balaban J connectivity index is 1.78. The fourth-order valence-corrected chi connectivity index (χ4v) is 3.73. The molecule has 0 aliphatic rings. The Morgan fingerprint density at radius 2 is 1.85 bits per heavy atom. The van der Waals surface area contributed by atoms with Crippen molar-refractivity contribution in [1.29, 1.82) is 0 Å². The molecular weight excluding hydrogens is 419 g/mol. The monoisotopic (exact) mass is 450 g/mol. The minimum absolute atomic E-state index is 0.113. The highest BCUT2D eigenvalue weighted by molar-refractivity contribution is 5.94. The van der Waals surface area contributed by atoms with Gasteiger partial charge in [0.05, 0.1) is 0 Å². The number of amides is 1. The van der Waals surface area contributed by atoms with E-state index >= 15 is 0 Å². The summed E-state index contributed by atoms with van der Waals surface area (Å²) in [5.41, 5.74) is 10.6. The standard InChI is InChI=1S/C26H31FN4O2/c1-16-6-11-22(27)17(2)24(16)18(3)33-23-14-21(15-30-25(23)28)19-7-9-20(10-8-19)26(32)29-12-13-31(4)5/h6-11,14-15,18H,12-13H2,1-5H3,(H2,28,30)(H,29,32). The fraction of sp³-hybridized carbons (Fsp3) is 0.308. The summed E-state index contributed by atoms with van der Waals surface area (Å²) in [5, 5.41) is 2.90. The van der Waals surface area contributed by atoms with Crippen LogP contribution < -0.4 is 15.8 Å². The summed E-state index contributed by atoms with van der Waals surface area (Å²) in [6.07, 6.45) is 1.26. The molecule has 174 valence electrons. The third-order valence-electron chi connectivity index (χ3n) is 5.58. The van der Waals surface area contributed by atoms with Crippen molar-refractivity contribution in [2.75, 3.05) is 32.9 Å². The number of anilines is 1. The van der Waals surface area contributed by atoms with Crippen LogP contribution in [0.2, 0.25) is 0 Å². The Bertz CT molecular complexity index is 1130. The lowest BCUT2D eigenvalue weighted by molar-refractivity contribution is 0.0951. The summed E-state index contributed by atoms with van der Waals surface area (Å²) in [5.74, 6) is 0.303. The number of pyridine rings is 1. The molecule has 0 radical (unpaired) electrons. The second-order valence-electron chi connectivity index (χ2n) is 8.41. The molecule has 0 saturated heterocycles. The first kappa shape index (κ1) is 24.2. The van der Waals surface area contributed by atoms with Crippen molar-refractivity contribution in [3.8, 4) is 16.9 Å². The molecule has 1 atom stereocenters. The van der Waals surface area contributed by atoms with Crippen LogP contribution >= 0.6 is 0 Å². The Hall–Kier alpha value is -3.45. The summed E-state index contributed by atoms with van der Waals surface area (Å²) in [6, 6.07) is 12.3. The molecule has 1 amide bonds. The van der Waals surface area contributed by atoms with E-state index in [1.54, 1.807) is 31.3 Å². The smallest absolute Gasteiger partial charge is 0.251 e. The van der Waals surface area contributed by atoms with Gasteiger partial charge in [0.15, 0.2) is 11.6 Å². The number of rotatable bonds is 8. The molecule has 0 bridgehead atoms. The molecule has 3 rings (SSSR count). The predicted molar refractivity (Wildman–Crippen MR) is 130 cm³/mol. The van der Waals surface area contributed by atoms with Crippen LogP contribution in [0, 0.1) is 19.7 Å². The maximum absolute atomic E-state index is 14.1. The average molecular weight is 451 g/mol. The van der Waals surface area contributed by atoms with Gasteiger partial charge in [-0.1, -0.05) is 18.2 Å². The van der Waals surface area contributed by atoms with Gasteiger partial charge in [0.1, 0.15) is 11.9 Å². The summed E-state index contributed by atoms with van der Waals surface area (Å²) in [6.45, 7) is 6.89. The van der Waals surface area contributed by atoms with E-state index in [1.165, 1.54) is 6.07 Å². The minimum atomic E-state index is -0.409. The molecule has 2 aromatic carbocycles. The number of hydrogen-bond donors (Lipinski definition) is 2. The number of ether oxygens (including phenoxy) is 1. The van der Waals surface area contributed by atoms with E-state index in [0.717, 1.165) is 28.8 Å². The number of halogens is 1. The lowest BCUT2D eigenvalue weighted by Crippen LogP contribution is -2.31. The predicted octanol–water partition coefficient (Wildman–Crippen LogP) is 4.52. The number of benzene rings is 2.